The Kier molecular flexibility index (Phi) is 3.80. The molecule has 0 bridgehead atoms. The highest BCUT2D eigenvalue weighted by atomic mass is 32.2. The Labute approximate surface area is 117 Å². The van der Waals surface area contributed by atoms with Gasteiger partial charge in [-0.3, -0.25) is 4.98 Å². The van der Waals surface area contributed by atoms with Crippen LogP contribution in [0.25, 0.3) is 0 Å². The third kappa shape index (κ3) is 2.65. The van der Waals surface area contributed by atoms with Crippen LogP contribution in [-0.4, -0.2) is 22.3 Å². The monoisotopic (exact) mass is 271 g/mol. The van der Waals surface area contributed by atoms with Gasteiger partial charge in [0.2, 0.25) is 0 Å². The fourth-order valence-electron chi connectivity index (χ4n) is 2.70. The van der Waals surface area contributed by atoms with Crippen LogP contribution in [0.5, 0.6) is 0 Å². The van der Waals surface area contributed by atoms with E-state index in [0.717, 1.165) is 11.4 Å². The lowest BCUT2D eigenvalue weighted by molar-refractivity contribution is 0.510. The second kappa shape index (κ2) is 5.72. The van der Waals surface area contributed by atoms with Crippen molar-refractivity contribution in [1.29, 1.82) is 0 Å². The van der Waals surface area contributed by atoms with Crippen molar-refractivity contribution >= 4 is 11.8 Å². The van der Waals surface area contributed by atoms with Gasteiger partial charge in [0.05, 0.1) is 6.20 Å². The summed E-state index contributed by atoms with van der Waals surface area (Å²) in [5.41, 5.74) is 2.90. The Morgan fingerprint density at radius 1 is 1.26 bits per heavy atom. The standard InChI is InChI=1S/C15H17N3S/c1-16-15-12-5-3-2-4-11(12)6-7-13(15)19-14-10-17-8-9-18-14/h2-5,8-10,13,15-16H,6-7H2,1H3. The van der Waals surface area contributed by atoms with E-state index in [1.165, 1.54) is 17.5 Å². The molecule has 0 saturated carbocycles. The van der Waals surface area contributed by atoms with Gasteiger partial charge in [0.1, 0.15) is 5.03 Å². The average Bonchev–Trinajstić information content (AvgIpc) is 2.48. The third-order valence-corrected chi connectivity index (χ3v) is 4.85. The molecule has 2 atom stereocenters. The molecule has 0 aliphatic heterocycles. The first-order valence-corrected chi connectivity index (χ1v) is 7.44. The third-order valence-electron chi connectivity index (χ3n) is 3.58. The first-order chi connectivity index (χ1) is 9.38. The van der Waals surface area contributed by atoms with Crippen molar-refractivity contribution in [3.63, 3.8) is 0 Å². The summed E-state index contributed by atoms with van der Waals surface area (Å²) in [6, 6.07) is 9.11. The molecule has 0 fully saturated rings. The highest BCUT2D eigenvalue weighted by Crippen LogP contribution is 2.38. The van der Waals surface area contributed by atoms with Gasteiger partial charge in [0.15, 0.2) is 0 Å². The van der Waals surface area contributed by atoms with E-state index in [9.17, 15) is 0 Å². The van der Waals surface area contributed by atoms with Crippen LogP contribution >= 0.6 is 11.8 Å². The van der Waals surface area contributed by atoms with Crippen molar-refractivity contribution in [3.8, 4) is 0 Å². The first-order valence-electron chi connectivity index (χ1n) is 6.56. The lowest BCUT2D eigenvalue weighted by Gasteiger charge is -2.32. The first kappa shape index (κ1) is 12.6. The molecule has 0 spiro atoms. The van der Waals surface area contributed by atoms with Crippen LogP contribution in [0, 0.1) is 0 Å². The summed E-state index contributed by atoms with van der Waals surface area (Å²) in [5, 5.41) is 4.98. The van der Waals surface area contributed by atoms with Crippen LogP contribution in [0.2, 0.25) is 0 Å². The molecule has 1 aliphatic carbocycles. The number of aromatic nitrogens is 2. The summed E-state index contributed by atoms with van der Waals surface area (Å²) < 4.78 is 0. The molecular weight excluding hydrogens is 254 g/mol. The molecule has 1 heterocycles. The maximum Gasteiger partial charge on any atom is 0.115 e. The molecule has 2 unspecified atom stereocenters. The molecule has 4 heteroatoms. The summed E-state index contributed by atoms with van der Waals surface area (Å²) >= 11 is 1.82. The normalized spacial score (nSPS) is 21.9. The van der Waals surface area contributed by atoms with Crippen molar-refractivity contribution in [2.75, 3.05) is 7.05 Å². The molecule has 0 radical (unpaired) electrons. The predicted octanol–water partition coefficient (Wildman–Crippen LogP) is 2.84. The number of hydrogen-bond donors (Lipinski definition) is 1. The summed E-state index contributed by atoms with van der Waals surface area (Å²) in [4.78, 5) is 8.51. The molecule has 1 aliphatic rings. The van der Waals surface area contributed by atoms with Gasteiger partial charge in [-0.2, -0.15) is 0 Å². The number of thioether (sulfide) groups is 1. The van der Waals surface area contributed by atoms with Crippen molar-refractivity contribution in [2.24, 2.45) is 0 Å². The van der Waals surface area contributed by atoms with Crippen molar-refractivity contribution in [1.82, 2.24) is 15.3 Å². The highest BCUT2D eigenvalue weighted by Gasteiger charge is 2.29. The number of benzene rings is 1. The molecule has 3 nitrogen and oxygen atoms in total. The lowest BCUT2D eigenvalue weighted by Crippen LogP contribution is -2.32. The number of aryl methyl sites for hydroxylation is 1. The molecule has 19 heavy (non-hydrogen) atoms. The zero-order valence-corrected chi connectivity index (χ0v) is 11.7. The van der Waals surface area contributed by atoms with Crippen LogP contribution in [0.1, 0.15) is 23.6 Å². The van der Waals surface area contributed by atoms with Gasteiger partial charge >= 0.3 is 0 Å². The number of nitrogens with one attached hydrogen (secondary N) is 1. The van der Waals surface area contributed by atoms with E-state index in [2.05, 4.69) is 39.6 Å². The maximum atomic E-state index is 4.37. The molecule has 1 N–H and O–H groups in total. The summed E-state index contributed by atoms with van der Waals surface area (Å²) in [6.45, 7) is 0. The molecule has 98 valence electrons. The topological polar surface area (TPSA) is 37.8 Å². The summed E-state index contributed by atoms with van der Waals surface area (Å²) in [5.74, 6) is 0. The zero-order chi connectivity index (χ0) is 13.1. The van der Waals surface area contributed by atoms with E-state index >= 15 is 0 Å². The van der Waals surface area contributed by atoms with Crippen molar-refractivity contribution in [2.45, 2.75) is 29.2 Å². The van der Waals surface area contributed by atoms with E-state index in [0.29, 0.717) is 11.3 Å². The molecule has 0 amide bonds. The Morgan fingerprint density at radius 2 is 2.16 bits per heavy atom. The van der Waals surface area contributed by atoms with Crippen LogP contribution < -0.4 is 5.32 Å². The Balaban J connectivity index is 1.84. The Hall–Kier alpha value is -1.39. The van der Waals surface area contributed by atoms with Crippen LogP contribution in [0.3, 0.4) is 0 Å². The highest BCUT2D eigenvalue weighted by molar-refractivity contribution is 7.99. The summed E-state index contributed by atoms with van der Waals surface area (Å²) in [7, 11) is 2.04. The molecule has 1 aromatic carbocycles. The minimum absolute atomic E-state index is 0.386. The largest absolute Gasteiger partial charge is 0.312 e. The van der Waals surface area contributed by atoms with E-state index < -0.39 is 0 Å². The van der Waals surface area contributed by atoms with E-state index in [-0.39, 0.29) is 0 Å². The predicted molar refractivity (Wildman–Crippen MR) is 78.2 cm³/mol. The van der Waals surface area contributed by atoms with Gasteiger partial charge in [0.25, 0.3) is 0 Å². The Morgan fingerprint density at radius 3 is 2.95 bits per heavy atom. The minimum atomic E-state index is 0.386. The zero-order valence-electron chi connectivity index (χ0n) is 10.9. The number of nitrogens with zero attached hydrogens (tertiary/aromatic N) is 2. The minimum Gasteiger partial charge on any atom is -0.312 e. The number of fused-ring (bicyclic) bond motifs is 1. The smallest absolute Gasteiger partial charge is 0.115 e. The molecule has 1 aromatic heterocycles. The fourth-order valence-corrected chi connectivity index (χ4v) is 3.91. The molecule has 0 saturated heterocycles. The van der Waals surface area contributed by atoms with Gasteiger partial charge < -0.3 is 5.32 Å². The second-order valence-corrected chi connectivity index (χ2v) is 5.96. The second-order valence-electron chi connectivity index (χ2n) is 4.70. The SMILES string of the molecule is CNC1c2ccccc2CCC1Sc1cnccn1. The van der Waals surface area contributed by atoms with Crippen LogP contribution in [0.4, 0.5) is 0 Å². The van der Waals surface area contributed by atoms with E-state index in [1.54, 1.807) is 12.4 Å². The van der Waals surface area contributed by atoms with Crippen LogP contribution in [-0.2, 0) is 6.42 Å². The maximum absolute atomic E-state index is 4.37. The van der Waals surface area contributed by atoms with Crippen molar-refractivity contribution in [3.05, 3.63) is 54.0 Å². The van der Waals surface area contributed by atoms with Gasteiger partial charge in [-0.15, -0.1) is 0 Å². The summed E-state index contributed by atoms with van der Waals surface area (Å²) in [6.07, 6.45) is 7.64. The molecule has 3 rings (SSSR count). The lowest BCUT2D eigenvalue weighted by atomic mass is 9.87. The van der Waals surface area contributed by atoms with Gasteiger partial charge in [-0.05, 0) is 31.0 Å². The Bertz CT molecular complexity index is 544. The van der Waals surface area contributed by atoms with Crippen molar-refractivity contribution < 1.29 is 0 Å². The molecular formula is C15H17N3S. The van der Waals surface area contributed by atoms with E-state index in [1.807, 2.05) is 25.0 Å². The van der Waals surface area contributed by atoms with E-state index in [4.69, 9.17) is 0 Å². The quantitative estimate of drug-likeness (QED) is 0.931. The van der Waals surface area contributed by atoms with Gasteiger partial charge in [0, 0.05) is 23.7 Å². The van der Waals surface area contributed by atoms with Gasteiger partial charge in [-0.25, -0.2) is 4.98 Å². The fraction of sp³-hybridized carbons (Fsp3) is 0.333. The van der Waals surface area contributed by atoms with Crippen LogP contribution in [0.15, 0.2) is 47.9 Å². The number of hydrogen-bond acceptors (Lipinski definition) is 4. The number of rotatable bonds is 3. The van der Waals surface area contributed by atoms with Gasteiger partial charge in [-0.1, -0.05) is 36.0 Å². The average molecular weight is 271 g/mol. The molecule has 2 aromatic rings.